The fourth-order valence-electron chi connectivity index (χ4n) is 1.25. The van der Waals surface area contributed by atoms with Crippen molar-refractivity contribution in [2.24, 2.45) is 0 Å². The van der Waals surface area contributed by atoms with Crippen molar-refractivity contribution in [3.8, 4) is 0 Å². The molecule has 9 heteroatoms. The molecule has 1 atom stereocenters. The number of urea groups is 1. The van der Waals surface area contributed by atoms with E-state index in [1.165, 1.54) is 13.0 Å². The Morgan fingerprint density at radius 3 is 2.45 bits per heavy atom. The molecule has 0 aromatic heterocycles. The van der Waals surface area contributed by atoms with Gasteiger partial charge in [0.15, 0.2) is 0 Å². The highest BCUT2D eigenvalue weighted by Crippen LogP contribution is 2.36. The molecule has 0 radical (unpaired) electrons. The van der Waals surface area contributed by atoms with Gasteiger partial charge < -0.3 is 15.7 Å². The standard InChI is InChI=1S/C11H10BrF3N2O3/c1-5(9(18)19)16-10(20)17-6-2-3-8(12)7(4-6)11(13,14)15/h2-5H,1H3,(H,18,19)(H2,16,17,20). The van der Waals surface area contributed by atoms with E-state index in [1.54, 1.807) is 0 Å². The number of hydrogen-bond donors (Lipinski definition) is 3. The Balaban J connectivity index is 2.84. The van der Waals surface area contributed by atoms with E-state index >= 15 is 0 Å². The molecule has 3 N–H and O–H groups in total. The van der Waals surface area contributed by atoms with Crippen LogP contribution in [0.5, 0.6) is 0 Å². The van der Waals surface area contributed by atoms with Crippen LogP contribution in [0.25, 0.3) is 0 Å². The average Bonchev–Trinajstić information content (AvgIpc) is 2.29. The Hall–Kier alpha value is -1.77. The van der Waals surface area contributed by atoms with Crippen molar-refractivity contribution in [3.63, 3.8) is 0 Å². The Morgan fingerprint density at radius 1 is 1.35 bits per heavy atom. The normalized spacial score (nSPS) is 12.7. The van der Waals surface area contributed by atoms with E-state index in [-0.39, 0.29) is 10.2 Å². The lowest BCUT2D eigenvalue weighted by Crippen LogP contribution is -2.40. The molecule has 2 amide bonds. The van der Waals surface area contributed by atoms with Gasteiger partial charge in [-0.2, -0.15) is 13.2 Å². The molecule has 0 fully saturated rings. The van der Waals surface area contributed by atoms with Crippen LogP contribution in [0, 0.1) is 0 Å². The van der Waals surface area contributed by atoms with Crippen molar-refractivity contribution in [3.05, 3.63) is 28.2 Å². The molecule has 20 heavy (non-hydrogen) atoms. The molecule has 0 bridgehead atoms. The number of benzene rings is 1. The molecule has 5 nitrogen and oxygen atoms in total. The smallest absolute Gasteiger partial charge is 0.417 e. The van der Waals surface area contributed by atoms with E-state index in [2.05, 4.69) is 26.6 Å². The number of carboxylic acids is 1. The summed E-state index contributed by atoms with van der Waals surface area (Å²) in [5.41, 5.74) is -1.04. The number of hydrogen-bond acceptors (Lipinski definition) is 2. The minimum atomic E-state index is -4.57. The van der Waals surface area contributed by atoms with Crippen LogP contribution in [-0.2, 0) is 11.0 Å². The predicted octanol–water partition coefficient (Wildman–Crippen LogP) is 3.06. The van der Waals surface area contributed by atoms with Crippen LogP contribution in [0.15, 0.2) is 22.7 Å². The van der Waals surface area contributed by atoms with Crippen molar-refractivity contribution >= 4 is 33.6 Å². The third-order valence-electron chi connectivity index (χ3n) is 2.25. The molecule has 1 aromatic carbocycles. The third kappa shape index (κ3) is 4.41. The van der Waals surface area contributed by atoms with E-state index in [0.29, 0.717) is 0 Å². The second-order valence-electron chi connectivity index (χ2n) is 3.85. The number of carboxylic acid groups (broad SMARTS) is 1. The van der Waals surface area contributed by atoms with Gasteiger partial charge in [0.2, 0.25) is 0 Å². The van der Waals surface area contributed by atoms with Gasteiger partial charge in [0, 0.05) is 10.2 Å². The first-order valence-electron chi connectivity index (χ1n) is 5.28. The number of amides is 2. The Kier molecular flexibility index (Phi) is 4.98. The largest absolute Gasteiger partial charge is 0.480 e. The maximum atomic E-state index is 12.6. The van der Waals surface area contributed by atoms with Gasteiger partial charge >= 0.3 is 18.2 Å². The number of rotatable bonds is 3. The van der Waals surface area contributed by atoms with Gasteiger partial charge in [0.05, 0.1) is 5.56 Å². The summed E-state index contributed by atoms with van der Waals surface area (Å²) in [5.74, 6) is -1.26. The molecule has 0 aliphatic carbocycles. The lowest BCUT2D eigenvalue weighted by Gasteiger charge is -2.13. The molecule has 0 saturated heterocycles. The first-order chi connectivity index (χ1) is 9.11. The molecule has 1 unspecified atom stereocenters. The number of anilines is 1. The lowest BCUT2D eigenvalue weighted by molar-refractivity contribution is -0.139. The molecule has 1 aromatic rings. The summed E-state index contributed by atoms with van der Waals surface area (Å²) < 4.78 is 37.8. The van der Waals surface area contributed by atoms with E-state index in [4.69, 9.17) is 5.11 Å². The SMILES string of the molecule is CC(NC(=O)Nc1ccc(Br)c(C(F)(F)F)c1)C(=O)O. The molecule has 1 rings (SSSR count). The second-order valence-corrected chi connectivity index (χ2v) is 4.71. The van der Waals surface area contributed by atoms with Crippen LogP contribution in [0.3, 0.4) is 0 Å². The molecule has 0 saturated carbocycles. The van der Waals surface area contributed by atoms with Crippen molar-refractivity contribution in [2.45, 2.75) is 19.1 Å². The second kappa shape index (κ2) is 6.12. The van der Waals surface area contributed by atoms with Crippen LogP contribution in [0.4, 0.5) is 23.7 Å². The molecule has 0 heterocycles. The van der Waals surface area contributed by atoms with Gasteiger partial charge in [-0.05, 0) is 25.1 Å². The van der Waals surface area contributed by atoms with E-state index in [0.717, 1.165) is 12.1 Å². The lowest BCUT2D eigenvalue weighted by atomic mass is 10.2. The molecule has 0 spiro atoms. The van der Waals surface area contributed by atoms with Crippen LogP contribution in [-0.4, -0.2) is 23.1 Å². The topological polar surface area (TPSA) is 78.4 Å². The number of carbonyl (C=O) groups is 2. The fraction of sp³-hybridized carbons (Fsp3) is 0.273. The Bertz CT molecular complexity index is 534. The number of carbonyl (C=O) groups excluding carboxylic acids is 1. The average molecular weight is 355 g/mol. The van der Waals surface area contributed by atoms with Gasteiger partial charge in [-0.25, -0.2) is 4.79 Å². The molecular weight excluding hydrogens is 345 g/mol. The molecule has 0 aliphatic rings. The summed E-state index contributed by atoms with van der Waals surface area (Å²) in [7, 11) is 0. The maximum Gasteiger partial charge on any atom is 0.417 e. The number of nitrogens with one attached hydrogen (secondary N) is 2. The van der Waals surface area contributed by atoms with Crippen molar-refractivity contribution in [1.82, 2.24) is 5.32 Å². The van der Waals surface area contributed by atoms with Gasteiger partial charge in [-0.15, -0.1) is 0 Å². The van der Waals surface area contributed by atoms with E-state index in [1.807, 2.05) is 0 Å². The summed E-state index contributed by atoms with van der Waals surface area (Å²) in [6.45, 7) is 1.23. The number of alkyl halides is 3. The highest BCUT2D eigenvalue weighted by molar-refractivity contribution is 9.10. The van der Waals surface area contributed by atoms with Gasteiger partial charge in [0.1, 0.15) is 6.04 Å². The minimum absolute atomic E-state index is 0.101. The van der Waals surface area contributed by atoms with Crippen LogP contribution in [0.1, 0.15) is 12.5 Å². The monoisotopic (exact) mass is 354 g/mol. The fourth-order valence-corrected chi connectivity index (χ4v) is 1.72. The van der Waals surface area contributed by atoms with E-state index in [9.17, 15) is 22.8 Å². The highest BCUT2D eigenvalue weighted by Gasteiger charge is 2.33. The summed E-state index contributed by atoms with van der Waals surface area (Å²) in [6.07, 6.45) is -4.57. The summed E-state index contributed by atoms with van der Waals surface area (Å²) in [5, 5.41) is 12.8. The third-order valence-corrected chi connectivity index (χ3v) is 2.94. The first kappa shape index (κ1) is 16.3. The minimum Gasteiger partial charge on any atom is -0.480 e. The molecule has 0 aliphatic heterocycles. The highest BCUT2D eigenvalue weighted by atomic mass is 79.9. The maximum absolute atomic E-state index is 12.6. The Labute approximate surface area is 120 Å². The number of aliphatic carboxylic acids is 1. The van der Waals surface area contributed by atoms with Crippen molar-refractivity contribution in [1.29, 1.82) is 0 Å². The summed E-state index contributed by atoms with van der Waals surface area (Å²) in [4.78, 5) is 21.9. The van der Waals surface area contributed by atoms with Crippen molar-refractivity contribution in [2.75, 3.05) is 5.32 Å². The summed E-state index contributed by atoms with van der Waals surface area (Å²) >= 11 is 2.77. The zero-order valence-corrected chi connectivity index (χ0v) is 11.7. The van der Waals surface area contributed by atoms with Gasteiger partial charge in [0.25, 0.3) is 0 Å². The summed E-state index contributed by atoms with van der Waals surface area (Å²) in [6, 6.07) is 1.07. The van der Waals surface area contributed by atoms with Gasteiger partial charge in [-0.3, -0.25) is 4.79 Å². The van der Waals surface area contributed by atoms with Crippen LogP contribution < -0.4 is 10.6 Å². The molecular formula is C11H10BrF3N2O3. The first-order valence-corrected chi connectivity index (χ1v) is 6.07. The van der Waals surface area contributed by atoms with Crippen LogP contribution >= 0.6 is 15.9 Å². The Morgan fingerprint density at radius 2 is 1.95 bits per heavy atom. The van der Waals surface area contributed by atoms with E-state index < -0.39 is 29.8 Å². The quantitative estimate of drug-likeness (QED) is 0.780. The van der Waals surface area contributed by atoms with Gasteiger partial charge in [-0.1, -0.05) is 15.9 Å². The van der Waals surface area contributed by atoms with Crippen LogP contribution in [0.2, 0.25) is 0 Å². The zero-order valence-electron chi connectivity index (χ0n) is 10.1. The zero-order chi connectivity index (χ0) is 15.5. The van der Waals surface area contributed by atoms with Crippen molar-refractivity contribution < 1.29 is 27.9 Å². The predicted molar refractivity (Wildman–Crippen MR) is 68.4 cm³/mol. The molecule has 110 valence electrons. The number of halogens is 4.